The summed E-state index contributed by atoms with van der Waals surface area (Å²) in [6.45, 7) is 3.15. The van der Waals surface area contributed by atoms with E-state index in [0.717, 1.165) is 10.2 Å². The Hall–Kier alpha value is -2.50. The van der Waals surface area contributed by atoms with Crippen LogP contribution in [0, 0.1) is 10.1 Å². The third-order valence-corrected chi connectivity index (χ3v) is 6.63. The number of hydrogen-bond donors (Lipinski definition) is 0. The van der Waals surface area contributed by atoms with Crippen molar-refractivity contribution >= 4 is 68.0 Å². The first-order valence-electron chi connectivity index (χ1n) is 10.5. The molecule has 0 bridgehead atoms. The second-order valence-electron chi connectivity index (χ2n) is 7.93. The van der Waals surface area contributed by atoms with Gasteiger partial charge in [0.15, 0.2) is 5.13 Å². The predicted molar refractivity (Wildman–Crippen MR) is 138 cm³/mol. The molecule has 1 fully saturated rings. The maximum atomic E-state index is 13.6. The van der Waals surface area contributed by atoms with Crippen molar-refractivity contribution in [1.29, 1.82) is 0 Å². The van der Waals surface area contributed by atoms with Gasteiger partial charge in [-0.3, -0.25) is 19.8 Å². The van der Waals surface area contributed by atoms with Crippen LogP contribution in [0.4, 0.5) is 16.5 Å². The Kier molecular flexibility index (Phi) is 8.67. The second-order valence-corrected chi connectivity index (χ2v) is 9.37. The van der Waals surface area contributed by atoms with Crippen LogP contribution in [0.3, 0.4) is 0 Å². The highest BCUT2D eigenvalue weighted by molar-refractivity contribution is 7.22. The summed E-state index contributed by atoms with van der Waals surface area (Å²) >= 11 is 7.48. The molecule has 0 radical (unpaired) electrons. The van der Waals surface area contributed by atoms with Gasteiger partial charge in [-0.25, -0.2) is 4.98 Å². The molecule has 4 rings (SSSR count). The number of hydrogen-bond acceptors (Lipinski definition) is 8. The highest BCUT2D eigenvalue weighted by Crippen LogP contribution is 2.34. The van der Waals surface area contributed by atoms with Crippen LogP contribution in [0.2, 0.25) is 5.02 Å². The van der Waals surface area contributed by atoms with Crippen LogP contribution in [0.5, 0.6) is 0 Å². The summed E-state index contributed by atoms with van der Waals surface area (Å²) in [5.74, 6) is -0.335. The molecule has 1 aromatic heterocycles. The molecule has 1 saturated heterocycles. The Bertz CT molecular complexity index is 1180. The highest BCUT2D eigenvalue weighted by atomic mass is 35.5. The Morgan fingerprint density at radius 3 is 2.62 bits per heavy atom. The van der Waals surface area contributed by atoms with Crippen LogP contribution in [0.1, 0.15) is 10.4 Å². The fourth-order valence-corrected chi connectivity index (χ4v) is 4.88. The Labute approximate surface area is 212 Å². The minimum absolute atomic E-state index is 0. The summed E-state index contributed by atoms with van der Waals surface area (Å²) < 4.78 is 6.22. The third-order valence-electron chi connectivity index (χ3n) is 5.36. The van der Waals surface area contributed by atoms with E-state index in [1.54, 1.807) is 23.1 Å². The molecular formula is C22H25Cl2N5O4S. The number of fused-ring (bicyclic) bond motifs is 1. The minimum Gasteiger partial charge on any atom is -0.378 e. The lowest BCUT2D eigenvalue weighted by Crippen LogP contribution is -2.37. The number of ether oxygens (including phenoxy) is 1. The van der Waals surface area contributed by atoms with E-state index >= 15 is 0 Å². The maximum absolute atomic E-state index is 13.6. The summed E-state index contributed by atoms with van der Waals surface area (Å²) in [7, 11) is 3.84. The number of benzene rings is 2. The predicted octanol–water partition coefficient (Wildman–Crippen LogP) is 4.32. The standard InChI is InChI=1S/C22H24ClN5O4S.ClH/c1-25(2)7-8-27(22-24-17-5-4-16(23)14-20(17)33-22)21(29)15-3-6-18(19(13-15)28(30)31)26-9-11-32-12-10-26;/h3-6,13-14H,7-12H2,1-2H3;1H. The molecule has 1 aliphatic rings. The molecule has 1 amide bonds. The lowest BCUT2D eigenvalue weighted by molar-refractivity contribution is -0.384. The first-order chi connectivity index (χ1) is 15.8. The van der Waals surface area contributed by atoms with Crippen molar-refractivity contribution < 1.29 is 14.5 Å². The zero-order valence-electron chi connectivity index (χ0n) is 18.8. The molecule has 0 saturated carbocycles. The van der Waals surface area contributed by atoms with Crippen molar-refractivity contribution in [2.45, 2.75) is 0 Å². The van der Waals surface area contributed by atoms with Gasteiger partial charge in [0.1, 0.15) is 5.69 Å². The van der Waals surface area contributed by atoms with Gasteiger partial charge in [-0.2, -0.15) is 0 Å². The van der Waals surface area contributed by atoms with E-state index in [4.69, 9.17) is 16.3 Å². The van der Waals surface area contributed by atoms with E-state index in [0.29, 0.717) is 55.2 Å². The van der Waals surface area contributed by atoms with E-state index < -0.39 is 4.92 Å². The first kappa shape index (κ1) is 26.1. The molecule has 12 heteroatoms. The molecule has 0 spiro atoms. The van der Waals surface area contributed by atoms with E-state index in [1.165, 1.54) is 17.4 Å². The maximum Gasteiger partial charge on any atom is 0.293 e. The number of nitro benzene ring substituents is 1. The van der Waals surface area contributed by atoms with E-state index in [1.807, 2.05) is 36.0 Å². The van der Waals surface area contributed by atoms with Crippen molar-refractivity contribution in [3.05, 3.63) is 57.1 Å². The van der Waals surface area contributed by atoms with E-state index in [9.17, 15) is 14.9 Å². The average Bonchev–Trinajstić information content (AvgIpc) is 3.21. The van der Waals surface area contributed by atoms with Crippen molar-refractivity contribution in [1.82, 2.24) is 9.88 Å². The van der Waals surface area contributed by atoms with Crippen molar-refractivity contribution in [3.63, 3.8) is 0 Å². The van der Waals surface area contributed by atoms with Gasteiger partial charge >= 0.3 is 0 Å². The number of nitrogens with zero attached hydrogens (tertiary/aromatic N) is 5. The number of rotatable bonds is 7. The molecular weight excluding hydrogens is 501 g/mol. The van der Waals surface area contributed by atoms with Crippen LogP contribution in [0.15, 0.2) is 36.4 Å². The number of carbonyl (C=O) groups excluding carboxylic acids is 1. The smallest absolute Gasteiger partial charge is 0.293 e. The number of thiazole rings is 1. The average molecular weight is 526 g/mol. The highest BCUT2D eigenvalue weighted by Gasteiger charge is 2.27. The van der Waals surface area contributed by atoms with Gasteiger partial charge in [-0.05, 0) is 44.4 Å². The number of morpholine rings is 1. The zero-order valence-corrected chi connectivity index (χ0v) is 21.2. The van der Waals surface area contributed by atoms with Crippen LogP contribution in [0.25, 0.3) is 10.2 Å². The van der Waals surface area contributed by atoms with Gasteiger partial charge in [0.2, 0.25) is 0 Å². The minimum atomic E-state index is -0.439. The largest absolute Gasteiger partial charge is 0.378 e. The number of halogens is 2. The van der Waals surface area contributed by atoms with Crippen LogP contribution in [-0.4, -0.2) is 74.2 Å². The lowest BCUT2D eigenvalue weighted by atomic mass is 10.1. The van der Waals surface area contributed by atoms with Crippen molar-refractivity contribution in [2.24, 2.45) is 0 Å². The molecule has 34 heavy (non-hydrogen) atoms. The molecule has 2 aromatic carbocycles. The van der Waals surface area contributed by atoms with Gasteiger partial charge in [0.05, 0.1) is 28.4 Å². The number of nitro groups is 1. The van der Waals surface area contributed by atoms with Gasteiger partial charge in [-0.15, -0.1) is 12.4 Å². The van der Waals surface area contributed by atoms with Crippen LogP contribution < -0.4 is 9.80 Å². The van der Waals surface area contributed by atoms with Crippen LogP contribution in [-0.2, 0) is 4.74 Å². The summed E-state index contributed by atoms with van der Waals surface area (Å²) in [6.07, 6.45) is 0. The van der Waals surface area contributed by atoms with Crippen LogP contribution >= 0.6 is 35.3 Å². The molecule has 9 nitrogen and oxygen atoms in total. The Morgan fingerprint density at radius 2 is 1.94 bits per heavy atom. The third kappa shape index (κ3) is 5.76. The summed E-state index contributed by atoms with van der Waals surface area (Å²) in [5, 5.41) is 13.0. The number of aromatic nitrogens is 1. The monoisotopic (exact) mass is 525 g/mol. The summed E-state index contributed by atoms with van der Waals surface area (Å²) in [6, 6.07) is 10.0. The fourth-order valence-electron chi connectivity index (χ4n) is 3.62. The number of carbonyl (C=O) groups is 1. The quantitative estimate of drug-likeness (QED) is 0.334. The summed E-state index contributed by atoms with van der Waals surface area (Å²) in [5.41, 5.74) is 1.39. The fraction of sp³-hybridized carbons (Fsp3) is 0.364. The summed E-state index contributed by atoms with van der Waals surface area (Å²) in [4.78, 5) is 35.0. The molecule has 0 N–H and O–H groups in total. The molecule has 1 aliphatic heterocycles. The number of likely N-dealkylation sites (N-methyl/N-ethyl adjacent to an activating group) is 1. The number of amides is 1. The van der Waals surface area contributed by atoms with Gasteiger partial charge in [0, 0.05) is 42.8 Å². The topological polar surface area (TPSA) is 92.0 Å². The van der Waals surface area contributed by atoms with Gasteiger partial charge in [-0.1, -0.05) is 22.9 Å². The van der Waals surface area contributed by atoms with Gasteiger partial charge < -0.3 is 14.5 Å². The Morgan fingerprint density at radius 1 is 1.21 bits per heavy atom. The number of anilines is 2. The SMILES string of the molecule is CN(C)CCN(C(=O)c1ccc(N2CCOCC2)c([N+](=O)[O-])c1)c1nc2ccc(Cl)cc2s1.Cl. The molecule has 2 heterocycles. The molecule has 3 aromatic rings. The molecule has 0 aliphatic carbocycles. The zero-order chi connectivity index (χ0) is 23.5. The molecule has 182 valence electrons. The lowest BCUT2D eigenvalue weighted by Gasteiger charge is -2.28. The van der Waals surface area contributed by atoms with E-state index in [2.05, 4.69) is 4.98 Å². The normalized spacial score (nSPS) is 13.7. The molecule has 0 unspecified atom stereocenters. The second kappa shape index (κ2) is 11.3. The molecule has 0 atom stereocenters. The van der Waals surface area contributed by atoms with Crippen molar-refractivity contribution in [2.75, 3.05) is 63.3 Å². The Balaban J connectivity index is 0.00000324. The first-order valence-corrected chi connectivity index (χ1v) is 11.7. The van der Waals surface area contributed by atoms with Crippen molar-refractivity contribution in [3.8, 4) is 0 Å². The van der Waals surface area contributed by atoms with E-state index in [-0.39, 0.29) is 29.6 Å². The van der Waals surface area contributed by atoms with Gasteiger partial charge in [0.25, 0.3) is 11.6 Å².